The van der Waals surface area contributed by atoms with Crippen molar-refractivity contribution >= 4 is 9.84 Å². The monoisotopic (exact) mass is 258 g/mol. The lowest BCUT2D eigenvalue weighted by Gasteiger charge is -2.40. The summed E-state index contributed by atoms with van der Waals surface area (Å²) in [6.07, 6.45) is 4.15. The molecular weight excluding hydrogens is 236 g/mol. The SMILES string of the molecule is N[C@]12CC[C@H]1CN(CC1CCS(=O)(=O)CC1)C2. The fourth-order valence-corrected chi connectivity index (χ4v) is 5.21. The molecular formula is C12H22N2O2S. The van der Waals surface area contributed by atoms with Gasteiger partial charge in [0, 0.05) is 25.2 Å². The van der Waals surface area contributed by atoms with Crippen LogP contribution in [0.3, 0.4) is 0 Å². The number of rotatable bonds is 2. The molecule has 0 amide bonds. The molecule has 0 bridgehead atoms. The molecule has 1 aliphatic carbocycles. The average molecular weight is 258 g/mol. The highest BCUT2D eigenvalue weighted by atomic mass is 32.2. The minimum absolute atomic E-state index is 0.0980. The predicted octanol–water partition coefficient (Wildman–Crippen LogP) is 0.234. The van der Waals surface area contributed by atoms with Crippen LogP contribution in [0.1, 0.15) is 25.7 Å². The fourth-order valence-electron chi connectivity index (χ4n) is 3.62. The number of likely N-dealkylation sites (tertiary alicyclic amines) is 1. The second-order valence-electron chi connectivity index (χ2n) is 6.26. The van der Waals surface area contributed by atoms with Crippen molar-refractivity contribution in [2.45, 2.75) is 31.2 Å². The maximum absolute atomic E-state index is 11.4. The van der Waals surface area contributed by atoms with Gasteiger partial charge in [-0.05, 0) is 37.5 Å². The molecule has 4 nitrogen and oxygen atoms in total. The minimum atomic E-state index is -2.71. The first kappa shape index (κ1) is 11.9. The zero-order valence-corrected chi connectivity index (χ0v) is 11.1. The molecule has 17 heavy (non-hydrogen) atoms. The van der Waals surface area contributed by atoms with Crippen LogP contribution in [0.2, 0.25) is 0 Å². The van der Waals surface area contributed by atoms with E-state index >= 15 is 0 Å². The summed E-state index contributed by atoms with van der Waals surface area (Å²) in [6, 6.07) is 0. The van der Waals surface area contributed by atoms with Crippen molar-refractivity contribution in [3.8, 4) is 0 Å². The summed E-state index contributed by atoms with van der Waals surface area (Å²) in [4.78, 5) is 2.47. The first-order chi connectivity index (χ1) is 7.97. The van der Waals surface area contributed by atoms with Crippen LogP contribution in [-0.2, 0) is 9.84 Å². The molecule has 2 aliphatic heterocycles. The van der Waals surface area contributed by atoms with Gasteiger partial charge in [-0.15, -0.1) is 0 Å². The zero-order chi connectivity index (χ0) is 12.1. The predicted molar refractivity (Wildman–Crippen MR) is 67.5 cm³/mol. The van der Waals surface area contributed by atoms with Crippen LogP contribution in [0.4, 0.5) is 0 Å². The summed E-state index contributed by atoms with van der Waals surface area (Å²) < 4.78 is 22.7. The molecule has 3 rings (SSSR count). The first-order valence-corrected chi connectivity index (χ1v) is 8.51. The van der Waals surface area contributed by atoms with E-state index in [1.807, 2.05) is 0 Å². The molecule has 2 saturated heterocycles. The summed E-state index contributed by atoms with van der Waals surface area (Å²) in [6.45, 7) is 3.23. The van der Waals surface area contributed by atoms with Gasteiger partial charge < -0.3 is 10.6 Å². The van der Waals surface area contributed by atoms with E-state index in [1.54, 1.807) is 0 Å². The summed E-state index contributed by atoms with van der Waals surface area (Å²) in [5, 5.41) is 0. The molecule has 2 atom stereocenters. The smallest absolute Gasteiger partial charge is 0.150 e. The quantitative estimate of drug-likeness (QED) is 0.770. The maximum Gasteiger partial charge on any atom is 0.150 e. The fraction of sp³-hybridized carbons (Fsp3) is 1.00. The second-order valence-corrected chi connectivity index (χ2v) is 8.56. The van der Waals surface area contributed by atoms with E-state index < -0.39 is 9.84 Å². The lowest BCUT2D eigenvalue weighted by atomic mass is 9.70. The maximum atomic E-state index is 11.4. The van der Waals surface area contributed by atoms with E-state index in [-0.39, 0.29) is 5.54 Å². The van der Waals surface area contributed by atoms with Crippen molar-refractivity contribution in [2.24, 2.45) is 17.6 Å². The molecule has 2 heterocycles. The molecule has 0 aromatic carbocycles. The Bertz CT molecular complexity index is 395. The highest BCUT2D eigenvalue weighted by molar-refractivity contribution is 7.91. The molecule has 2 N–H and O–H groups in total. The van der Waals surface area contributed by atoms with Crippen LogP contribution < -0.4 is 5.73 Å². The molecule has 0 aromatic rings. The average Bonchev–Trinajstić information content (AvgIpc) is 2.46. The lowest BCUT2D eigenvalue weighted by Crippen LogP contribution is -2.54. The molecule has 5 heteroatoms. The topological polar surface area (TPSA) is 63.4 Å². The Labute approximate surface area is 103 Å². The molecule has 3 fully saturated rings. The van der Waals surface area contributed by atoms with Gasteiger partial charge in [0.2, 0.25) is 0 Å². The largest absolute Gasteiger partial charge is 0.324 e. The number of fused-ring (bicyclic) bond motifs is 1. The second kappa shape index (κ2) is 3.93. The van der Waals surface area contributed by atoms with Crippen molar-refractivity contribution in [1.29, 1.82) is 0 Å². The van der Waals surface area contributed by atoms with Crippen molar-refractivity contribution in [3.63, 3.8) is 0 Å². The third kappa shape index (κ3) is 2.25. The number of sulfone groups is 1. The Balaban J connectivity index is 1.52. The van der Waals surface area contributed by atoms with E-state index in [0.29, 0.717) is 23.3 Å². The standard InChI is InChI=1S/C12H22N2O2S/c13-12-4-1-11(12)8-14(9-12)7-10-2-5-17(15,16)6-3-10/h10-11H,1-9,13H2/t11-,12-/m0/s1. The van der Waals surface area contributed by atoms with Gasteiger partial charge in [0.05, 0.1) is 11.5 Å². The van der Waals surface area contributed by atoms with Gasteiger partial charge in [-0.1, -0.05) is 0 Å². The Morgan fingerprint density at radius 1 is 1.24 bits per heavy atom. The van der Waals surface area contributed by atoms with Crippen molar-refractivity contribution < 1.29 is 8.42 Å². The molecule has 0 spiro atoms. The molecule has 0 aromatic heterocycles. The number of hydrogen-bond acceptors (Lipinski definition) is 4. The Morgan fingerprint density at radius 3 is 2.41 bits per heavy atom. The normalized spacial score (nSPS) is 42.1. The van der Waals surface area contributed by atoms with E-state index in [2.05, 4.69) is 4.90 Å². The first-order valence-electron chi connectivity index (χ1n) is 6.69. The van der Waals surface area contributed by atoms with Gasteiger partial charge in [-0.3, -0.25) is 0 Å². The summed E-state index contributed by atoms with van der Waals surface area (Å²) in [5.41, 5.74) is 6.41. The van der Waals surface area contributed by atoms with Crippen LogP contribution in [0, 0.1) is 11.8 Å². The van der Waals surface area contributed by atoms with Gasteiger partial charge in [0.1, 0.15) is 9.84 Å². The lowest BCUT2D eigenvalue weighted by molar-refractivity contribution is 0.188. The van der Waals surface area contributed by atoms with Crippen LogP contribution in [-0.4, -0.2) is 50.0 Å². The number of nitrogens with two attached hydrogens (primary N) is 1. The van der Waals surface area contributed by atoms with Gasteiger partial charge in [0.15, 0.2) is 0 Å². The summed E-state index contributed by atoms with van der Waals surface area (Å²) in [7, 11) is -2.71. The van der Waals surface area contributed by atoms with E-state index in [1.165, 1.54) is 12.8 Å². The molecule has 3 aliphatic rings. The third-order valence-corrected chi connectivity index (χ3v) is 6.67. The highest BCUT2D eigenvalue weighted by Crippen LogP contribution is 2.42. The van der Waals surface area contributed by atoms with Gasteiger partial charge in [-0.25, -0.2) is 8.42 Å². The van der Waals surface area contributed by atoms with E-state index in [4.69, 9.17) is 5.73 Å². The van der Waals surface area contributed by atoms with Crippen LogP contribution in [0.25, 0.3) is 0 Å². The van der Waals surface area contributed by atoms with Gasteiger partial charge in [0.25, 0.3) is 0 Å². The van der Waals surface area contributed by atoms with Crippen LogP contribution >= 0.6 is 0 Å². The zero-order valence-electron chi connectivity index (χ0n) is 10.3. The van der Waals surface area contributed by atoms with E-state index in [0.717, 1.165) is 32.5 Å². The Hall–Kier alpha value is -0.130. The van der Waals surface area contributed by atoms with Gasteiger partial charge >= 0.3 is 0 Å². The highest BCUT2D eigenvalue weighted by Gasteiger charge is 2.50. The van der Waals surface area contributed by atoms with Gasteiger partial charge in [-0.2, -0.15) is 0 Å². The van der Waals surface area contributed by atoms with Crippen LogP contribution in [0.5, 0.6) is 0 Å². The number of nitrogens with zero attached hydrogens (tertiary/aromatic N) is 1. The Morgan fingerprint density at radius 2 is 1.94 bits per heavy atom. The molecule has 1 saturated carbocycles. The Kier molecular flexibility index (Phi) is 2.76. The van der Waals surface area contributed by atoms with E-state index in [9.17, 15) is 8.42 Å². The molecule has 0 radical (unpaired) electrons. The third-order valence-electron chi connectivity index (χ3n) is 4.96. The van der Waals surface area contributed by atoms with Crippen LogP contribution in [0.15, 0.2) is 0 Å². The van der Waals surface area contributed by atoms with Crippen molar-refractivity contribution in [2.75, 3.05) is 31.1 Å². The minimum Gasteiger partial charge on any atom is -0.324 e. The number of hydrogen-bond donors (Lipinski definition) is 1. The summed E-state index contributed by atoms with van der Waals surface area (Å²) in [5.74, 6) is 2.06. The van der Waals surface area contributed by atoms with Crippen molar-refractivity contribution in [3.05, 3.63) is 0 Å². The summed E-state index contributed by atoms with van der Waals surface area (Å²) >= 11 is 0. The van der Waals surface area contributed by atoms with Crippen molar-refractivity contribution in [1.82, 2.24) is 4.90 Å². The molecule has 0 unspecified atom stereocenters. The molecule has 98 valence electrons.